The van der Waals surface area contributed by atoms with Crippen molar-refractivity contribution in [2.75, 3.05) is 0 Å². The lowest BCUT2D eigenvalue weighted by molar-refractivity contribution is 0.426. The van der Waals surface area contributed by atoms with Crippen LogP contribution < -0.4 is 5.46 Å². The summed E-state index contributed by atoms with van der Waals surface area (Å²) in [7, 11) is -1.51. The van der Waals surface area contributed by atoms with Crippen molar-refractivity contribution in [1.82, 2.24) is 19.9 Å². The van der Waals surface area contributed by atoms with E-state index >= 15 is 0 Å². The van der Waals surface area contributed by atoms with Gasteiger partial charge in [0.05, 0.1) is 33.5 Å². The molecule has 0 bridgehead atoms. The highest BCUT2D eigenvalue weighted by Crippen LogP contribution is 2.44. The molecule has 6 nitrogen and oxygen atoms in total. The maximum Gasteiger partial charge on any atom is 0.489 e. The Morgan fingerprint density at radius 3 is 1.31 bits per heavy atom. The number of benzene rings is 10. The Morgan fingerprint density at radius 1 is 0.338 bits per heavy atom. The standard InChI is InChI=1S/C34H20N2S.C22H15BN2O2.C12H7BrS.CH4.B/c1-2-9-24-23(8-1)25(28-11-5-12-29-27-10-3-4-13-31(27)37-34(28)29)17-18-26(24)30-19-16-22-15-14-21-7-6-20-35-32(21)33(22)36-30;26-23(27)19-11-10-18(16-5-1-2-6-17(16)19)20-12-9-15-8-7-14-4-3-13-24-21(14)22(15)25-20;13-10-6-3-5-9-8-4-1-2-7-11(8)14-12(9)10;;/h1-20H;1-13,26-27H;1-7H;1H4;. The van der Waals surface area contributed by atoms with Gasteiger partial charge < -0.3 is 10.0 Å². The normalized spacial score (nSPS) is 11.2. The van der Waals surface area contributed by atoms with Crippen molar-refractivity contribution >= 4 is 165 Å². The number of fused-ring (bicyclic) bond motifs is 14. The molecule has 10 aromatic carbocycles. The van der Waals surface area contributed by atoms with Gasteiger partial charge in [0.25, 0.3) is 0 Å². The van der Waals surface area contributed by atoms with E-state index < -0.39 is 7.12 Å². The number of thiophene rings is 2. The van der Waals surface area contributed by atoms with E-state index in [0.29, 0.717) is 5.46 Å². The fourth-order valence-electron chi connectivity index (χ4n) is 10.9. The molecular formula is C69H46B2BrN4O2S2. The highest BCUT2D eigenvalue weighted by atomic mass is 79.9. The van der Waals surface area contributed by atoms with Crippen LogP contribution >= 0.6 is 38.6 Å². The largest absolute Gasteiger partial charge is 0.489 e. The van der Waals surface area contributed by atoms with Gasteiger partial charge >= 0.3 is 7.12 Å². The summed E-state index contributed by atoms with van der Waals surface area (Å²) >= 11 is 7.30. The van der Waals surface area contributed by atoms with Crippen LogP contribution in [-0.4, -0.2) is 45.5 Å². The molecule has 0 spiro atoms. The quantitative estimate of drug-likeness (QED) is 0.135. The molecule has 0 amide bonds. The van der Waals surface area contributed by atoms with Crippen LogP contribution in [0.4, 0.5) is 0 Å². The Kier molecular flexibility index (Phi) is 14.2. The second-order valence-corrected chi connectivity index (χ2v) is 22.1. The second-order valence-electron chi connectivity index (χ2n) is 19.1. The number of aromatic nitrogens is 4. The predicted molar refractivity (Wildman–Crippen MR) is 348 cm³/mol. The SMILES string of the molecule is Brc1cccc2c1sc1ccccc12.C.OB(O)c1ccc(-c2ccc3ccc4cccnc4c3n2)c2ccccc12.[B].c1cnc2c(c1)ccc1ccc(-c3ccc(-c4cccc5c4sc4ccccc45)c4ccccc34)nc12. The van der Waals surface area contributed by atoms with Crippen molar-refractivity contribution in [3.05, 3.63) is 247 Å². The van der Waals surface area contributed by atoms with Crippen LogP contribution in [0.25, 0.3) is 139 Å². The molecule has 6 aromatic heterocycles. The Hall–Kier alpha value is -8.67. The van der Waals surface area contributed by atoms with Gasteiger partial charge in [-0.05, 0) is 91.0 Å². The second kappa shape index (κ2) is 21.9. The lowest BCUT2D eigenvalue weighted by Gasteiger charge is -2.13. The minimum atomic E-state index is -1.51. The van der Waals surface area contributed by atoms with Crippen LogP contribution in [0, 0.1) is 0 Å². The highest BCUT2D eigenvalue weighted by Gasteiger charge is 2.19. The van der Waals surface area contributed by atoms with Crippen LogP contribution in [0.5, 0.6) is 0 Å². The van der Waals surface area contributed by atoms with E-state index in [0.717, 1.165) is 76.9 Å². The minimum Gasteiger partial charge on any atom is -0.423 e. The van der Waals surface area contributed by atoms with E-state index in [1.807, 2.05) is 83.5 Å². The monoisotopic (exact) mass is 1130 g/mol. The Morgan fingerprint density at radius 2 is 0.750 bits per heavy atom. The topological polar surface area (TPSA) is 92.0 Å². The van der Waals surface area contributed by atoms with Crippen LogP contribution in [0.2, 0.25) is 0 Å². The molecule has 80 heavy (non-hydrogen) atoms. The molecule has 0 aliphatic heterocycles. The van der Waals surface area contributed by atoms with Crippen LogP contribution in [-0.2, 0) is 0 Å². The molecule has 0 saturated carbocycles. The van der Waals surface area contributed by atoms with Crippen molar-refractivity contribution in [1.29, 1.82) is 0 Å². The first kappa shape index (κ1) is 52.1. The number of halogens is 1. The molecule has 0 fully saturated rings. The maximum absolute atomic E-state index is 9.67. The molecule has 3 radical (unpaired) electrons. The third-order valence-corrected chi connectivity index (χ3v) is 18.0. The van der Waals surface area contributed by atoms with Gasteiger partial charge in [-0.25, -0.2) is 9.97 Å². The van der Waals surface area contributed by atoms with Gasteiger partial charge in [-0.1, -0.05) is 195 Å². The third-order valence-electron chi connectivity index (χ3n) is 14.6. The van der Waals surface area contributed by atoms with E-state index in [1.54, 1.807) is 12.3 Å². The average Bonchev–Trinajstić information content (AvgIpc) is 4.10. The summed E-state index contributed by atoms with van der Waals surface area (Å²) in [5.74, 6) is 0. The van der Waals surface area contributed by atoms with Crippen LogP contribution in [0.3, 0.4) is 0 Å². The molecule has 0 unspecified atom stereocenters. The Bertz CT molecular complexity index is 5030. The summed E-state index contributed by atoms with van der Waals surface area (Å²) < 4.78 is 6.55. The van der Waals surface area contributed by atoms with Crippen molar-refractivity contribution in [2.24, 2.45) is 0 Å². The van der Waals surface area contributed by atoms with Crippen LogP contribution in [0.1, 0.15) is 7.43 Å². The molecular weight excluding hydrogens is 1080 g/mol. The molecule has 6 heterocycles. The first-order valence-electron chi connectivity index (χ1n) is 25.6. The summed E-state index contributed by atoms with van der Waals surface area (Å²) in [6, 6.07) is 79.5. The first-order chi connectivity index (χ1) is 38.4. The van der Waals surface area contributed by atoms with Gasteiger partial charge in [-0.15, -0.1) is 22.7 Å². The summed E-state index contributed by atoms with van der Waals surface area (Å²) in [6.07, 6.45) is 3.62. The minimum absolute atomic E-state index is 0. The number of rotatable bonds is 4. The smallest absolute Gasteiger partial charge is 0.423 e. The van der Waals surface area contributed by atoms with Crippen LogP contribution in [0.15, 0.2) is 247 Å². The first-order valence-corrected chi connectivity index (χ1v) is 28.0. The van der Waals surface area contributed by atoms with Gasteiger partial charge in [0.1, 0.15) is 0 Å². The zero-order valence-electron chi connectivity index (χ0n) is 42.1. The lowest BCUT2D eigenvalue weighted by atomic mass is 9.76. The van der Waals surface area contributed by atoms with E-state index in [9.17, 15) is 10.0 Å². The molecule has 0 saturated heterocycles. The number of hydrogen-bond acceptors (Lipinski definition) is 8. The van der Waals surface area contributed by atoms with E-state index in [2.05, 4.69) is 196 Å². The molecule has 2 N–H and O–H groups in total. The summed E-state index contributed by atoms with van der Waals surface area (Å²) in [5.41, 5.74) is 10.5. The third kappa shape index (κ3) is 9.22. The zero-order chi connectivity index (χ0) is 52.3. The summed E-state index contributed by atoms with van der Waals surface area (Å²) in [5, 5.41) is 33.2. The highest BCUT2D eigenvalue weighted by molar-refractivity contribution is 9.10. The predicted octanol–water partition coefficient (Wildman–Crippen LogP) is 18.0. The molecule has 16 aromatic rings. The van der Waals surface area contributed by atoms with Crippen molar-refractivity contribution < 1.29 is 10.0 Å². The van der Waals surface area contributed by atoms with Gasteiger partial charge in [0, 0.05) is 104 Å². The number of hydrogen-bond donors (Lipinski definition) is 2. The van der Waals surface area contributed by atoms with E-state index in [1.165, 1.54) is 66.7 Å². The van der Waals surface area contributed by atoms with E-state index in [4.69, 9.17) is 9.97 Å². The summed E-state index contributed by atoms with van der Waals surface area (Å²) in [6.45, 7) is 0. The maximum atomic E-state index is 9.67. The molecule has 16 rings (SSSR count). The number of pyridine rings is 4. The Labute approximate surface area is 480 Å². The fourth-order valence-corrected chi connectivity index (χ4v) is 13.9. The molecule has 11 heteroatoms. The van der Waals surface area contributed by atoms with Crippen molar-refractivity contribution in [3.63, 3.8) is 0 Å². The van der Waals surface area contributed by atoms with Gasteiger partial charge in [-0.2, -0.15) is 0 Å². The lowest BCUT2D eigenvalue weighted by Crippen LogP contribution is -2.30. The molecule has 379 valence electrons. The molecule has 0 aliphatic rings. The van der Waals surface area contributed by atoms with Gasteiger partial charge in [0.15, 0.2) is 0 Å². The van der Waals surface area contributed by atoms with Gasteiger partial charge in [0.2, 0.25) is 0 Å². The Balaban J connectivity index is 0.000000130. The van der Waals surface area contributed by atoms with E-state index in [-0.39, 0.29) is 15.8 Å². The summed E-state index contributed by atoms with van der Waals surface area (Å²) in [4.78, 5) is 19.2. The van der Waals surface area contributed by atoms with Gasteiger partial charge in [-0.3, -0.25) is 9.97 Å². The molecule has 0 atom stereocenters. The fraction of sp³-hybridized carbons (Fsp3) is 0.0145. The molecule has 0 aliphatic carbocycles. The van der Waals surface area contributed by atoms with Crippen molar-refractivity contribution in [3.8, 4) is 33.6 Å². The average molecular weight is 1130 g/mol. The zero-order valence-corrected chi connectivity index (χ0v) is 45.3. The number of nitrogens with zero attached hydrogens (tertiary/aromatic N) is 4. The van der Waals surface area contributed by atoms with Crippen molar-refractivity contribution in [2.45, 2.75) is 7.43 Å².